The molecular weight excluding hydrogens is 343 g/mol. The molecule has 2 amide bonds. The van der Waals surface area contributed by atoms with E-state index in [9.17, 15) is 13.7 Å². The topological polar surface area (TPSA) is 26.8 Å². The maximum Gasteiger partial charge on any atom is 0.369 e. The predicted molar refractivity (Wildman–Crippen MR) is 79.0 cm³/mol. The minimum absolute atomic E-state index is 0.0404. The monoisotopic (exact) mass is 351 g/mol. The zero-order valence-corrected chi connectivity index (χ0v) is 12.7. The highest BCUT2D eigenvalue weighted by molar-refractivity contribution is 7.81. The number of carbonyl (C=O) groups excluding carboxylic acids is 1. The Balaban J connectivity index is 2.06. The summed E-state index contributed by atoms with van der Waals surface area (Å²) >= 11 is 16.6. The number of carbonyl (C=O) groups is 1. The molecule has 2 atom stereocenters. The number of urea groups is 1. The zero-order valence-electron chi connectivity index (χ0n) is 10.4. The molecule has 2 unspecified atom stereocenters. The van der Waals surface area contributed by atoms with Gasteiger partial charge in [-0.1, -0.05) is 57.3 Å². The summed E-state index contributed by atoms with van der Waals surface area (Å²) in [6, 6.07) is 4.56. The summed E-state index contributed by atoms with van der Waals surface area (Å²) in [6.45, 7) is 0. The van der Waals surface area contributed by atoms with E-state index in [0.29, 0.717) is 11.3 Å². The molecule has 1 aliphatic heterocycles. The maximum absolute atomic E-state index is 14.1. The van der Waals surface area contributed by atoms with E-state index in [1.807, 2.05) is 0 Å². The third-order valence-corrected chi connectivity index (χ3v) is 4.32. The van der Waals surface area contributed by atoms with E-state index in [1.54, 1.807) is 6.07 Å². The fourth-order valence-corrected chi connectivity index (χ4v) is 3.09. The summed E-state index contributed by atoms with van der Waals surface area (Å²) in [5.41, 5.74) is -0.0404. The highest BCUT2D eigenvalue weighted by Crippen LogP contribution is 2.43. The lowest BCUT2D eigenvalue weighted by atomic mass is 10.2. The van der Waals surface area contributed by atoms with E-state index in [4.69, 9.17) is 35.4 Å². The molecule has 0 N–H and O–H groups in total. The first-order valence-corrected chi connectivity index (χ1v) is 7.34. The first-order valence-electron chi connectivity index (χ1n) is 6.06. The maximum atomic E-state index is 14.1. The Hall–Kier alpha value is -1.02. The molecule has 2 aliphatic rings. The van der Waals surface area contributed by atoms with Crippen molar-refractivity contribution in [2.45, 2.75) is 17.5 Å². The number of hydrogen-bond acceptors (Lipinski definition) is 3. The van der Waals surface area contributed by atoms with Crippen molar-refractivity contribution in [3.8, 4) is 0 Å². The minimum atomic E-state index is -1.30. The average Bonchev–Trinajstić information content (AvgIpc) is 3.09. The van der Waals surface area contributed by atoms with Crippen molar-refractivity contribution >= 4 is 52.0 Å². The van der Waals surface area contributed by atoms with Gasteiger partial charge in [-0.25, -0.2) is 9.18 Å². The largest absolute Gasteiger partial charge is 0.369 e. The Morgan fingerprint density at radius 1 is 1.33 bits per heavy atom. The van der Waals surface area contributed by atoms with Crippen molar-refractivity contribution < 1.29 is 13.7 Å². The smallest absolute Gasteiger partial charge is 0.269 e. The second kappa shape index (κ2) is 5.31. The molecule has 0 bridgehead atoms. The number of nitrogens with zero attached hydrogens (tertiary/aromatic N) is 3. The number of halogens is 4. The van der Waals surface area contributed by atoms with Crippen LogP contribution in [0.4, 0.5) is 19.4 Å². The summed E-state index contributed by atoms with van der Waals surface area (Å²) in [7, 11) is 0. The van der Waals surface area contributed by atoms with Gasteiger partial charge in [0, 0.05) is 10.8 Å². The summed E-state index contributed by atoms with van der Waals surface area (Å²) in [4.78, 5) is 12.5. The molecule has 1 heterocycles. The van der Waals surface area contributed by atoms with Gasteiger partial charge < -0.3 is 0 Å². The van der Waals surface area contributed by atoms with Crippen LogP contribution in [0.2, 0.25) is 0 Å². The number of amides is 2. The molecule has 2 fully saturated rings. The Morgan fingerprint density at radius 2 is 1.95 bits per heavy atom. The Kier molecular flexibility index (Phi) is 3.77. The zero-order chi connectivity index (χ0) is 15.3. The first-order chi connectivity index (χ1) is 9.93. The quantitative estimate of drug-likeness (QED) is 0.360. The summed E-state index contributed by atoms with van der Waals surface area (Å²) in [5.74, 6) is -0.914. The molecule has 1 aromatic carbocycles. The van der Waals surface area contributed by atoms with Crippen LogP contribution in [0.15, 0.2) is 24.3 Å². The fourth-order valence-electron chi connectivity index (χ4n) is 2.40. The van der Waals surface area contributed by atoms with Crippen LogP contribution in [-0.4, -0.2) is 32.3 Å². The molecule has 0 radical (unpaired) electrons. The molecule has 1 saturated heterocycles. The number of hydrogen-bond donors (Lipinski definition) is 0. The summed E-state index contributed by atoms with van der Waals surface area (Å²) in [6.07, 6.45) is -0.338. The lowest BCUT2D eigenvalue weighted by Gasteiger charge is -2.28. The molecule has 21 heavy (non-hydrogen) atoms. The first kappa shape index (κ1) is 14.9. The van der Waals surface area contributed by atoms with Gasteiger partial charge in [-0.2, -0.15) is 0 Å². The van der Waals surface area contributed by atoms with Gasteiger partial charge in [-0.05, 0) is 18.6 Å². The van der Waals surface area contributed by atoms with E-state index < -0.39 is 23.0 Å². The highest BCUT2D eigenvalue weighted by atomic mass is 35.5. The lowest BCUT2D eigenvalue weighted by molar-refractivity contribution is -0.113. The van der Waals surface area contributed by atoms with Crippen LogP contribution in [0, 0.1) is 11.7 Å². The van der Waals surface area contributed by atoms with E-state index in [2.05, 4.69) is 0 Å². The molecule has 112 valence electrons. The molecule has 1 aromatic rings. The summed E-state index contributed by atoms with van der Waals surface area (Å²) < 4.78 is 28.1. The van der Waals surface area contributed by atoms with Crippen LogP contribution in [0.1, 0.15) is 6.42 Å². The van der Waals surface area contributed by atoms with E-state index in [0.717, 1.165) is 9.91 Å². The molecule has 3 rings (SSSR count). The van der Waals surface area contributed by atoms with Gasteiger partial charge >= 0.3 is 6.03 Å². The Bertz CT molecular complexity index is 618. The number of alkyl halides is 2. The van der Waals surface area contributed by atoms with Gasteiger partial charge in [-0.3, -0.25) is 4.90 Å². The third kappa shape index (κ3) is 2.38. The normalized spacial score (nSPS) is 26.1. The molecule has 9 heteroatoms. The van der Waals surface area contributed by atoms with Gasteiger partial charge in [0.05, 0.1) is 5.69 Å². The fraction of sp³-hybridized carbons (Fsp3) is 0.333. The van der Waals surface area contributed by atoms with Gasteiger partial charge in [-0.15, -0.1) is 5.01 Å². The predicted octanol–water partition coefficient (Wildman–Crippen LogP) is 3.65. The van der Waals surface area contributed by atoms with Crippen molar-refractivity contribution in [3.63, 3.8) is 0 Å². The number of thiocarbonyl (C=S) groups is 1. The third-order valence-electron chi connectivity index (χ3n) is 3.45. The van der Waals surface area contributed by atoms with Crippen LogP contribution in [0.3, 0.4) is 0 Å². The Morgan fingerprint density at radius 3 is 2.48 bits per heavy atom. The summed E-state index contributed by atoms with van der Waals surface area (Å²) in [5, 5.41) is 0.657. The number of hydrazine groups is 1. The standard InChI is InChI=1S/C12H9Cl2F2N3OS/c13-11(14)18-10(6-5-9(6)21)17(12(20)19(18)16)8-4-2-1-3-7(8)15/h1-4,6,10-11H,5H2. The van der Waals surface area contributed by atoms with E-state index >= 15 is 0 Å². The van der Waals surface area contributed by atoms with Crippen molar-refractivity contribution in [1.29, 1.82) is 0 Å². The van der Waals surface area contributed by atoms with Crippen molar-refractivity contribution in [3.05, 3.63) is 30.1 Å². The molecule has 0 spiro atoms. The lowest BCUT2D eigenvalue weighted by Crippen LogP contribution is -2.45. The SMILES string of the molecule is O=C1N(c2ccccc2F)C(C2CC2=S)N(C(Cl)Cl)N1F. The molecule has 1 aliphatic carbocycles. The number of benzene rings is 1. The second-order valence-electron chi connectivity index (χ2n) is 4.71. The van der Waals surface area contributed by atoms with Gasteiger partial charge in [0.25, 0.3) is 0 Å². The Labute approximate surface area is 134 Å². The van der Waals surface area contributed by atoms with E-state index in [1.165, 1.54) is 18.2 Å². The minimum Gasteiger partial charge on any atom is -0.269 e. The van der Waals surface area contributed by atoms with Crippen molar-refractivity contribution in [1.82, 2.24) is 10.2 Å². The van der Waals surface area contributed by atoms with Gasteiger partial charge in [0.15, 0.2) is 4.96 Å². The molecule has 4 nitrogen and oxygen atoms in total. The number of rotatable bonds is 3. The van der Waals surface area contributed by atoms with Gasteiger partial charge in [0.2, 0.25) is 0 Å². The van der Waals surface area contributed by atoms with Crippen LogP contribution >= 0.6 is 35.4 Å². The van der Waals surface area contributed by atoms with Crippen LogP contribution in [0.5, 0.6) is 0 Å². The van der Waals surface area contributed by atoms with Crippen LogP contribution in [0.25, 0.3) is 0 Å². The molecule has 1 saturated carbocycles. The second-order valence-corrected chi connectivity index (χ2v) is 6.29. The van der Waals surface area contributed by atoms with E-state index in [-0.39, 0.29) is 16.8 Å². The molecule has 0 aromatic heterocycles. The van der Waals surface area contributed by atoms with Crippen LogP contribution in [-0.2, 0) is 0 Å². The van der Waals surface area contributed by atoms with Crippen molar-refractivity contribution in [2.75, 3.05) is 4.90 Å². The average molecular weight is 352 g/mol. The van der Waals surface area contributed by atoms with Gasteiger partial charge in [0.1, 0.15) is 12.0 Å². The van der Waals surface area contributed by atoms with Crippen LogP contribution < -0.4 is 4.90 Å². The molecular formula is C12H9Cl2F2N3OS. The number of anilines is 1. The number of para-hydroxylation sites is 1. The van der Waals surface area contributed by atoms with Crippen molar-refractivity contribution in [2.24, 2.45) is 5.92 Å². The highest BCUT2D eigenvalue weighted by Gasteiger charge is 2.57.